The molecule has 3 aromatic rings. The standard InChI is InChI=1S/C20H18ClN3O5/c1-11-5-4-6-12(7-11)24-18(26)10-15(25)19(23-24)20(27)22-14-9-16(28-2)13(21)8-17(14)29-3/h4-10,25H,1-3H3,(H,22,27). The molecule has 0 bridgehead atoms. The Balaban J connectivity index is 2.02. The largest absolute Gasteiger partial charge is 0.505 e. The van der Waals surface area contributed by atoms with E-state index in [9.17, 15) is 14.7 Å². The van der Waals surface area contributed by atoms with Gasteiger partial charge in [0.25, 0.3) is 11.5 Å². The molecule has 1 aromatic heterocycles. The summed E-state index contributed by atoms with van der Waals surface area (Å²) in [5.74, 6) is -0.678. The van der Waals surface area contributed by atoms with Gasteiger partial charge in [-0.05, 0) is 24.6 Å². The Hall–Kier alpha value is -3.52. The number of aryl methyl sites for hydroxylation is 1. The Labute approximate surface area is 171 Å². The molecule has 0 spiro atoms. The summed E-state index contributed by atoms with van der Waals surface area (Å²) in [6.07, 6.45) is 0. The number of nitrogens with zero attached hydrogens (tertiary/aromatic N) is 2. The van der Waals surface area contributed by atoms with Crippen molar-refractivity contribution in [3.8, 4) is 22.9 Å². The zero-order valence-electron chi connectivity index (χ0n) is 15.9. The van der Waals surface area contributed by atoms with E-state index in [-0.39, 0.29) is 17.1 Å². The molecule has 9 heteroatoms. The Morgan fingerprint density at radius 1 is 1.14 bits per heavy atom. The van der Waals surface area contributed by atoms with Crippen LogP contribution in [0.2, 0.25) is 5.02 Å². The van der Waals surface area contributed by atoms with Crippen LogP contribution in [0.4, 0.5) is 5.69 Å². The molecule has 0 saturated heterocycles. The maximum absolute atomic E-state index is 12.8. The van der Waals surface area contributed by atoms with Crippen LogP contribution in [0.5, 0.6) is 17.2 Å². The highest BCUT2D eigenvalue weighted by molar-refractivity contribution is 6.32. The van der Waals surface area contributed by atoms with Crippen molar-refractivity contribution in [2.45, 2.75) is 6.92 Å². The Morgan fingerprint density at radius 3 is 2.52 bits per heavy atom. The van der Waals surface area contributed by atoms with Crippen molar-refractivity contribution >= 4 is 23.2 Å². The van der Waals surface area contributed by atoms with Crippen molar-refractivity contribution in [1.82, 2.24) is 9.78 Å². The molecule has 0 unspecified atom stereocenters. The van der Waals surface area contributed by atoms with Crippen molar-refractivity contribution in [1.29, 1.82) is 0 Å². The van der Waals surface area contributed by atoms with Crippen LogP contribution in [0.25, 0.3) is 5.69 Å². The Kier molecular flexibility index (Phi) is 5.74. The summed E-state index contributed by atoms with van der Waals surface area (Å²) < 4.78 is 11.4. The summed E-state index contributed by atoms with van der Waals surface area (Å²) in [5.41, 5.74) is 0.730. The van der Waals surface area contributed by atoms with Gasteiger partial charge in [0.2, 0.25) is 0 Å². The number of rotatable bonds is 5. The van der Waals surface area contributed by atoms with E-state index in [1.807, 2.05) is 13.0 Å². The molecule has 2 aromatic carbocycles. The number of carbonyl (C=O) groups excluding carboxylic acids is 1. The zero-order valence-corrected chi connectivity index (χ0v) is 16.6. The fourth-order valence-electron chi connectivity index (χ4n) is 2.69. The van der Waals surface area contributed by atoms with Gasteiger partial charge in [-0.1, -0.05) is 23.7 Å². The predicted octanol–water partition coefficient (Wildman–Crippen LogP) is 3.17. The maximum atomic E-state index is 12.8. The lowest BCUT2D eigenvalue weighted by Gasteiger charge is -2.14. The second-order valence-electron chi connectivity index (χ2n) is 6.11. The van der Waals surface area contributed by atoms with Crippen LogP contribution in [0.3, 0.4) is 0 Å². The molecular formula is C20H18ClN3O5. The minimum absolute atomic E-state index is 0.258. The molecule has 0 atom stereocenters. The summed E-state index contributed by atoms with van der Waals surface area (Å²) in [7, 11) is 2.85. The van der Waals surface area contributed by atoms with E-state index in [1.54, 1.807) is 18.2 Å². The van der Waals surface area contributed by atoms with Crippen LogP contribution in [-0.2, 0) is 0 Å². The average molecular weight is 416 g/mol. The molecule has 29 heavy (non-hydrogen) atoms. The first-order valence-electron chi connectivity index (χ1n) is 8.47. The minimum Gasteiger partial charge on any atom is -0.505 e. The fourth-order valence-corrected chi connectivity index (χ4v) is 2.92. The number of benzene rings is 2. The van der Waals surface area contributed by atoms with Gasteiger partial charge in [-0.15, -0.1) is 0 Å². The smallest absolute Gasteiger partial charge is 0.280 e. The van der Waals surface area contributed by atoms with E-state index in [4.69, 9.17) is 21.1 Å². The second kappa shape index (κ2) is 8.24. The molecule has 1 heterocycles. The molecule has 8 nitrogen and oxygen atoms in total. The molecule has 0 radical (unpaired) electrons. The van der Waals surface area contributed by atoms with Crippen molar-refractivity contribution in [3.05, 3.63) is 69.1 Å². The van der Waals surface area contributed by atoms with Crippen LogP contribution in [0, 0.1) is 6.92 Å². The molecule has 0 fully saturated rings. The maximum Gasteiger partial charge on any atom is 0.280 e. The molecule has 0 aliphatic heterocycles. The number of halogens is 1. The average Bonchev–Trinajstić information content (AvgIpc) is 2.68. The molecule has 0 saturated carbocycles. The molecule has 3 rings (SSSR count). The van der Waals surface area contributed by atoms with Gasteiger partial charge in [0, 0.05) is 18.2 Å². The normalized spacial score (nSPS) is 10.5. The van der Waals surface area contributed by atoms with Gasteiger partial charge in [0.1, 0.15) is 11.5 Å². The number of hydrogen-bond donors (Lipinski definition) is 2. The number of aromatic hydroxyl groups is 1. The number of hydrogen-bond acceptors (Lipinski definition) is 6. The number of ether oxygens (including phenoxy) is 2. The van der Waals surface area contributed by atoms with E-state index in [2.05, 4.69) is 10.4 Å². The highest BCUT2D eigenvalue weighted by Crippen LogP contribution is 2.36. The van der Waals surface area contributed by atoms with Crippen molar-refractivity contribution in [3.63, 3.8) is 0 Å². The Bertz CT molecular complexity index is 1140. The predicted molar refractivity (Wildman–Crippen MR) is 109 cm³/mol. The number of nitrogens with one attached hydrogen (secondary N) is 1. The molecule has 0 aliphatic carbocycles. The zero-order chi connectivity index (χ0) is 21.1. The van der Waals surface area contributed by atoms with Crippen LogP contribution < -0.4 is 20.3 Å². The molecule has 150 valence electrons. The van der Waals surface area contributed by atoms with Crippen LogP contribution in [0.1, 0.15) is 16.1 Å². The quantitative estimate of drug-likeness (QED) is 0.663. The number of aromatic nitrogens is 2. The van der Waals surface area contributed by atoms with E-state index in [1.165, 1.54) is 26.4 Å². The van der Waals surface area contributed by atoms with Crippen LogP contribution in [-0.4, -0.2) is 35.0 Å². The van der Waals surface area contributed by atoms with Crippen molar-refractivity contribution in [2.24, 2.45) is 0 Å². The van der Waals surface area contributed by atoms with Gasteiger partial charge in [0.15, 0.2) is 11.4 Å². The summed E-state index contributed by atoms with van der Waals surface area (Å²) in [5, 5.41) is 17.1. The number of carbonyl (C=O) groups is 1. The summed E-state index contributed by atoms with van der Waals surface area (Å²) in [6.45, 7) is 1.86. The highest BCUT2D eigenvalue weighted by atomic mass is 35.5. The first-order valence-corrected chi connectivity index (χ1v) is 8.85. The van der Waals surface area contributed by atoms with Gasteiger partial charge in [0.05, 0.1) is 30.6 Å². The topological polar surface area (TPSA) is 103 Å². The highest BCUT2D eigenvalue weighted by Gasteiger charge is 2.20. The van der Waals surface area contributed by atoms with Crippen molar-refractivity contribution < 1.29 is 19.4 Å². The van der Waals surface area contributed by atoms with Gasteiger partial charge in [-0.2, -0.15) is 9.78 Å². The first-order chi connectivity index (χ1) is 13.8. The third-order valence-electron chi connectivity index (χ3n) is 4.09. The van der Waals surface area contributed by atoms with Gasteiger partial charge in [-0.25, -0.2) is 0 Å². The lowest BCUT2D eigenvalue weighted by molar-refractivity contribution is 0.101. The van der Waals surface area contributed by atoms with Gasteiger partial charge >= 0.3 is 0 Å². The molecule has 2 N–H and O–H groups in total. The van der Waals surface area contributed by atoms with Crippen molar-refractivity contribution in [2.75, 3.05) is 19.5 Å². The number of methoxy groups -OCH3 is 2. The molecular weight excluding hydrogens is 398 g/mol. The minimum atomic E-state index is -0.744. The summed E-state index contributed by atoms with van der Waals surface area (Å²) in [6, 6.07) is 10.9. The third-order valence-corrected chi connectivity index (χ3v) is 4.39. The van der Waals surface area contributed by atoms with Gasteiger partial charge < -0.3 is 19.9 Å². The third kappa shape index (κ3) is 4.17. The van der Waals surface area contributed by atoms with Crippen LogP contribution in [0.15, 0.2) is 47.3 Å². The summed E-state index contributed by atoms with van der Waals surface area (Å²) in [4.78, 5) is 25.0. The lowest BCUT2D eigenvalue weighted by atomic mass is 10.2. The van der Waals surface area contributed by atoms with Crippen LogP contribution >= 0.6 is 11.6 Å². The van der Waals surface area contributed by atoms with E-state index in [0.717, 1.165) is 16.3 Å². The molecule has 0 aliphatic rings. The molecule has 1 amide bonds. The SMILES string of the molecule is COc1cc(NC(=O)c2nn(-c3cccc(C)c3)c(=O)cc2O)c(OC)cc1Cl. The lowest BCUT2D eigenvalue weighted by Crippen LogP contribution is -2.25. The van der Waals surface area contributed by atoms with E-state index < -0.39 is 17.2 Å². The number of anilines is 1. The van der Waals surface area contributed by atoms with E-state index in [0.29, 0.717) is 16.5 Å². The fraction of sp³-hybridized carbons (Fsp3) is 0.150. The summed E-state index contributed by atoms with van der Waals surface area (Å²) >= 11 is 6.07. The van der Waals surface area contributed by atoms with E-state index >= 15 is 0 Å². The van der Waals surface area contributed by atoms with Gasteiger partial charge in [-0.3, -0.25) is 9.59 Å². The second-order valence-corrected chi connectivity index (χ2v) is 6.52. The Morgan fingerprint density at radius 2 is 1.86 bits per heavy atom. The number of amides is 1. The monoisotopic (exact) mass is 415 g/mol. The first kappa shape index (κ1) is 20.2.